The molecule has 1 aromatic heterocycles. The van der Waals surface area contributed by atoms with Crippen molar-refractivity contribution >= 4 is 17.6 Å². The summed E-state index contributed by atoms with van der Waals surface area (Å²) in [5, 5.41) is 6.70. The summed E-state index contributed by atoms with van der Waals surface area (Å²) in [6.07, 6.45) is 2.18. The largest absolute Gasteiger partial charge is 0.368 e. The maximum Gasteiger partial charge on any atom is 0.239 e. The van der Waals surface area contributed by atoms with Crippen molar-refractivity contribution in [2.24, 2.45) is 11.7 Å². The van der Waals surface area contributed by atoms with E-state index in [1.165, 1.54) is 10.7 Å². The molecule has 0 bridgehead atoms. The van der Waals surface area contributed by atoms with Crippen molar-refractivity contribution < 1.29 is 14.0 Å². The first kappa shape index (κ1) is 14.2. The minimum absolute atomic E-state index is 0.0445. The van der Waals surface area contributed by atoms with E-state index in [-0.39, 0.29) is 30.1 Å². The number of hydrogen-bond acceptors (Lipinski definition) is 3. The lowest BCUT2D eigenvalue weighted by molar-refractivity contribution is -0.119. The smallest absolute Gasteiger partial charge is 0.239 e. The maximum atomic E-state index is 13.7. The van der Waals surface area contributed by atoms with Crippen LogP contribution in [0.3, 0.4) is 0 Å². The molecule has 1 saturated carbocycles. The fourth-order valence-electron chi connectivity index (χ4n) is 2.50. The molecule has 6 nitrogen and oxygen atoms in total. The highest BCUT2D eigenvalue weighted by atomic mass is 19.1. The highest BCUT2D eigenvalue weighted by Gasteiger charge is 2.45. The molecule has 1 heterocycles. The molecular formula is C15H15FN4O2. The van der Waals surface area contributed by atoms with Gasteiger partial charge in [0.15, 0.2) is 5.82 Å². The first-order chi connectivity index (χ1) is 10.5. The zero-order chi connectivity index (χ0) is 15.7. The minimum atomic E-state index is -0.511. The SMILES string of the molecule is NC(=O)Cn1ccc(NC(=O)[C@@H]2C[C@H]2c2ccccc2F)n1. The Morgan fingerprint density at radius 2 is 2.14 bits per heavy atom. The van der Waals surface area contributed by atoms with Crippen LogP contribution in [0, 0.1) is 11.7 Å². The second-order valence-electron chi connectivity index (χ2n) is 5.32. The number of nitrogens with two attached hydrogens (primary N) is 1. The third-order valence-corrected chi connectivity index (χ3v) is 3.64. The zero-order valence-corrected chi connectivity index (χ0v) is 11.7. The third kappa shape index (κ3) is 2.98. The van der Waals surface area contributed by atoms with Gasteiger partial charge in [0, 0.05) is 18.2 Å². The fourth-order valence-corrected chi connectivity index (χ4v) is 2.50. The van der Waals surface area contributed by atoms with E-state index in [1.807, 2.05) is 0 Å². The summed E-state index contributed by atoms with van der Waals surface area (Å²) >= 11 is 0. The van der Waals surface area contributed by atoms with Gasteiger partial charge < -0.3 is 11.1 Å². The van der Waals surface area contributed by atoms with Gasteiger partial charge in [0.25, 0.3) is 0 Å². The molecule has 1 fully saturated rings. The predicted molar refractivity (Wildman–Crippen MR) is 77.3 cm³/mol. The topological polar surface area (TPSA) is 90.0 Å². The van der Waals surface area contributed by atoms with E-state index in [2.05, 4.69) is 10.4 Å². The van der Waals surface area contributed by atoms with Gasteiger partial charge in [0.2, 0.25) is 11.8 Å². The number of carbonyl (C=O) groups excluding carboxylic acids is 2. The lowest BCUT2D eigenvalue weighted by atomic mass is 10.1. The first-order valence-electron chi connectivity index (χ1n) is 6.91. The van der Waals surface area contributed by atoms with E-state index >= 15 is 0 Å². The van der Waals surface area contributed by atoms with E-state index in [9.17, 15) is 14.0 Å². The van der Waals surface area contributed by atoms with Crippen LogP contribution < -0.4 is 11.1 Å². The average molecular weight is 302 g/mol. The third-order valence-electron chi connectivity index (χ3n) is 3.64. The van der Waals surface area contributed by atoms with Crippen LogP contribution in [0.1, 0.15) is 17.9 Å². The molecule has 114 valence electrons. The summed E-state index contributed by atoms with van der Waals surface area (Å²) in [5.41, 5.74) is 5.64. The molecule has 2 atom stereocenters. The molecule has 2 aromatic rings. The normalized spacial score (nSPS) is 19.7. The molecule has 22 heavy (non-hydrogen) atoms. The average Bonchev–Trinajstić information content (AvgIpc) is 3.14. The number of rotatable bonds is 5. The number of hydrogen-bond donors (Lipinski definition) is 2. The number of carbonyl (C=O) groups is 2. The lowest BCUT2D eigenvalue weighted by Gasteiger charge is -2.03. The Labute approximate surface area is 126 Å². The Morgan fingerprint density at radius 1 is 1.36 bits per heavy atom. The maximum absolute atomic E-state index is 13.7. The van der Waals surface area contributed by atoms with Crippen LogP contribution in [0.5, 0.6) is 0 Å². The zero-order valence-electron chi connectivity index (χ0n) is 11.7. The van der Waals surface area contributed by atoms with Crippen molar-refractivity contribution in [2.45, 2.75) is 18.9 Å². The Bertz CT molecular complexity index is 728. The summed E-state index contributed by atoms with van der Waals surface area (Å²) in [6.45, 7) is -0.0445. The minimum Gasteiger partial charge on any atom is -0.368 e. The molecule has 3 N–H and O–H groups in total. The molecule has 3 rings (SSSR count). The predicted octanol–water partition coefficient (Wildman–Crippen LogP) is 1.25. The molecule has 0 spiro atoms. The van der Waals surface area contributed by atoms with E-state index in [0.29, 0.717) is 17.8 Å². The number of nitrogens with zero attached hydrogens (tertiary/aromatic N) is 2. The van der Waals surface area contributed by atoms with Crippen LogP contribution in [0.15, 0.2) is 36.5 Å². The second-order valence-corrected chi connectivity index (χ2v) is 5.32. The van der Waals surface area contributed by atoms with Crippen LogP contribution in [0.2, 0.25) is 0 Å². The van der Waals surface area contributed by atoms with Gasteiger partial charge in [-0.25, -0.2) is 4.39 Å². The molecule has 0 saturated heterocycles. The number of halogens is 1. The van der Waals surface area contributed by atoms with Crippen molar-refractivity contribution in [1.82, 2.24) is 9.78 Å². The summed E-state index contributed by atoms with van der Waals surface area (Å²) in [6, 6.07) is 8.07. The number of amides is 2. The van der Waals surface area contributed by atoms with Crippen molar-refractivity contribution in [3.05, 3.63) is 47.9 Å². The van der Waals surface area contributed by atoms with E-state index in [4.69, 9.17) is 5.73 Å². The van der Waals surface area contributed by atoms with Crippen LogP contribution in [-0.4, -0.2) is 21.6 Å². The van der Waals surface area contributed by atoms with Gasteiger partial charge in [-0.05, 0) is 24.0 Å². The molecule has 7 heteroatoms. The summed E-state index contributed by atoms with van der Waals surface area (Å²) in [5.74, 6) is -0.980. The Morgan fingerprint density at radius 3 is 2.86 bits per heavy atom. The molecule has 0 radical (unpaired) electrons. The van der Waals surface area contributed by atoms with Crippen LogP contribution >= 0.6 is 0 Å². The molecule has 2 amide bonds. The van der Waals surface area contributed by atoms with E-state index < -0.39 is 5.91 Å². The summed E-state index contributed by atoms with van der Waals surface area (Å²) in [4.78, 5) is 22.9. The van der Waals surface area contributed by atoms with Gasteiger partial charge in [-0.2, -0.15) is 5.10 Å². The number of nitrogens with one attached hydrogen (secondary N) is 1. The Balaban J connectivity index is 1.61. The summed E-state index contributed by atoms with van der Waals surface area (Å²) < 4.78 is 15.0. The number of aromatic nitrogens is 2. The van der Waals surface area contributed by atoms with Crippen molar-refractivity contribution in [2.75, 3.05) is 5.32 Å². The van der Waals surface area contributed by atoms with Gasteiger partial charge in [-0.3, -0.25) is 14.3 Å². The molecule has 0 aliphatic heterocycles. The van der Waals surface area contributed by atoms with Crippen molar-refractivity contribution in [3.63, 3.8) is 0 Å². The van der Waals surface area contributed by atoms with Gasteiger partial charge in [-0.15, -0.1) is 0 Å². The number of primary amides is 1. The van der Waals surface area contributed by atoms with Crippen LogP contribution in [0.4, 0.5) is 10.2 Å². The van der Waals surface area contributed by atoms with Crippen LogP contribution in [-0.2, 0) is 16.1 Å². The van der Waals surface area contributed by atoms with Crippen molar-refractivity contribution in [1.29, 1.82) is 0 Å². The monoisotopic (exact) mass is 302 g/mol. The van der Waals surface area contributed by atoms with Gasteiger partial charge >= 0.3 is 0 Å². The highest BCUT2D eigenvalue weighted by molar-refractivity contribution is 5.94. The lowest BCUT2D eigenvalue weighted by Crippen LogP contribution is -2.19. The van der Waals surface area contributed by atoms with Crippen LogP contribution in [0.25, 0.3) is 0 Å². The molecule has 1 aliphatic carbocycles. The number of anilines is 1. The number of benzene rings is 1. The highest BCUT2D eigenvalue weighted by Crippen LogP contribution is 2.48. The Kier molecular flexibility index (Phi) is 3.62. The second kappa shape index (κ2) is 5.59. The molecular weight excluding hydrogens is 287 g/mol. The Hall–Kier alpha value is -2.70. The molecule has 1 aliphatic rings. The summed E-state index contributed by atoms with van der Waals surface area (Å²) in [7, 11) is 0. The van der Waals surface area contributed by atoms with Crippen molar-refractivity contribution in [3.8, 4) is 0 Å². The molecule has 0 unspecified atom stereocenters. The first-order valence-corrected chi connectivity index (χ1v) is 6.91. The quantitative estimate of drug-likeness (QED) is 0.871. The fraction of sp³-hybridized carbons (Fsp3) is 0.267. The van der Waals surface area contributed by atoms with Gasteiger partial charge in [0.1, 0.15) is 12.4 Å². The van der Waals surface area contributed by atoms with Gasteiger partial charge in [-0.1, -0.05) is 18.2 Å². The standard InChI is InChI=1S/C15H15FN4O2/c16-12-4-2-1-3-9(12)10-7-11(10)15(22)18-14-5-6-20(19-14)8-13(17)21/h1-6,10-11H,7-8H2,(H2,17,21)(H,18,19,22)/t10-,11+/m0/s1. The van der Waals surface area contributed by atoms with E-state index in [1.54, 1.807) is 30.5 Å². The molecule has 1 aromatic carbocycles. The van der Waals surface area contributed by atoms with Gasteiger partial charge in [0.05, 0.1) is 0 Å². The van der Waals surface area contributed by atoms with E-state index in [0.717, 1.165) is 0 Å².